The van der Waals surface area contributed by atoms with Gasteiger partial charge in [-0.1, -0.05) is 20.3 Å². The van der Waals surface area contributed by atoms with E-state index in [-0.39, 0.29) is 5.92 Å². The van der Waals surface area contributed by atoms with Crippen molar-refractivity contribution in [1.29, 1.82) is 0 Å². The van der Waals surface area contributed by atoms with E-state index in [1.807, 2.05) is 0 Å². The molecule has 0 bridgehead atoms. The summed E-state index contributed by atoms with van der Waals surface area (Å²) in [5, 5.41) is 0. The van der Waals surface area contributed by atoms with Crippen molar-refractivity contribution < 1.29 is 22.4 Å². The number of alkyl halides is 4. The highest BCUT2D eigenvalue weighted by molar-refractivity contribution is 5.86. The quantitative estimate of drug-likeness (QED) is 0.623. The van der Waals surface area contributed by atoms with Gasteiger partial charge in [-0.2, -0.15) is 8.78 Å². The Labute approximate surface area is 74.1 Å². The first-order chi connectivity index (χ1) is 5.82. The molecule has 5 heteroatoms. The summed E-state index contributed by atoms with van der Waals surface area (Å²) < 4.78 is 48.0. The Hall–Kier alpha value is -0.610. The topological polar surface area (TPSA) is 17.1 Å². The summed E-state index contributed by atoms with van der Waals surface area (Å²) >= 11 is 0. The number of carbonyl (C=O) groups excluding carboxylic acids is 1. The molecule has 0 saturated heterocycles. The minimum atomic E-state index is -4.48. The third-order valence-corrected chi connectivity index (χ3v) is 1.88. The van der Waals surface area contributed by atoms with Gasteiger partial charge in [-0.05, 0) is 5.92 Å². The van der Waals surface area contributed by atoms with Gasteiger partial charge in [-0.15, -0.1) is 0 Å². The van der Waals surface area contributed by atoms with Crippen LogP contribution < -0.4 is 0 Å². The van der Waals surface area contributed by atoms with Crippen molar-refractivity contribution >= 4 is 5.78 Å². The maximum absolute atomic E-state index is 12.3. The molecule has 0 aromatic carbocycles. The van der Waals surface area contributed by atoms with E-state index in [0.717, 1.165) is 0 Å². The second-order valence-corrected chi connectivity index (χ2v) is 3.06. The molecule has 0 aromatic rings. The Morgan fingerprint density at radius 2 is 1.85 bits per heavy atom. The molecule has 0 fully saturated rings. The van der Waals surface area contributed by atoms with Crippen molar-refractivity contribution in [3.63, 3.8) is 0 Å². The Kier molecular flexibility index (Phi) is 4.36. The largest absolute Gasteiger partial charge is 0.364 e. The van der Waals surface area contributed by atoms with E-state index in [1.165, 1.54) is 0 Å². The fourth-order valence-electron chi connectivity index (χ4n) is 0.719. The van der Waals surface area contributed by atoms with Crippen LogP contribution in [0.4, 0.5) is 17.6 Å². The molecule has 0 aromatic heterocycles. The third-order valence-electron chi connectivity index (χ3n) is 1.88. The predicted molar refractivity (Wildman–Crippen MR) is 40.0 cm³/mol. The van der Waals surface area contributed by atoms with Crippen LogP contribution in [0.3, 0.4) is 0 Å². The average Bonchev–Trinajstić information content (AvgIpc) is 2.03. The lowest BCUT2D eigenvalue weighted by molar-refractivity contribution is -0.167. The van der Waals surface area contributed by atoms with E-state index >= 15 is 0 Å². The van der Waals surface area contributed by atoms with Gasteiger partial charge < -0.3 is 0 Å². The van der Waals surface area contributed by atoms with Gasteiger partial charge in [0, 0.05) is 6.42 Å². The molecule has 0 aliphatic heterocycles. The maximum atomic E-state index is 12.3. The molecular formula is C8H12F4O. The van der Waals surface area contributed by atoms with Gasteiger partial charge in [0.15, 0.2) is 0 Å². The molecule has 0 amide bonds. The molecule has 0 heterocycles. The average molecular weight is 200 g/mol. The molecule has 1 unspecified atom stereocenters. The van der Waals surface area contributed by atoms with E-state index in [0.29, 0.717) is 6.42 Å². The second kappa shape index (κ2) is 4.58. The van der Waals surface area contributed by atoms with E-state index in [2.05, 4.69) is 0 Å². The van der Waals surface area contributed by atoms with Crippen molar-refractivity contribution in [2.45, 2.75) is 39.0 Å². The monoisotopic (exact) mass is 200 g/mol. The molecule has 0 N–H and O–H groups in total. The minimum absolute atomic E-state index is 0.280. The van der Waals surface area contributed by atoms with Crippen LogP contribution >= 0.6 is 0 Å². The summed E-state index contributed by atoms with van der Waals surface area (Å²) in [4.78, 5) is 10.6. The van der Waals surface area contributed by atoms with Gasteiger partial charge in [0.05, 0.1) is 0 Å². The molecule has 0 radical (unpaired) electrons. The second-order valence-electron chi connectivity index (χ2n) is 3.06. The lowest BCUT2D eigenvalue weighted by Crippen LogP contribution is -2.37. The minimum Gasteiger partial charge on any atom is -0.293 e. The van der Waals surface area contributed by atoms with Crippen molar-refractivity contribution in [1.82, 2.24) is 0 Å². The fourth-order valence-corrected chi connectivity index (χ4v) is 0.719. The number of ketones is 1. The van der Waals surface area contributed by atoms with Crippen LogP contribution in [0.15, 0.2) is 0 Å². The number of halogens is 4. The number of Topliss-reactive ketones (excluding diaryl/α,β-unsaturated/α-hetero) is 1. The van der Waals surface area contributed by atoms with Crippen LogP contribution in [-0.2, 0) is 4.79 Å². The van der Waals surface area contributed by atoms with Crippen molar-refractivity contribution in [2.24, 2.45) is 5.92 Å². The summed E-state index contributed by atoms with van der Waals surface area (Å²) in [5.41, 5.74) is 0. The Bertz CT molecular complexity index is 179. The van der Waals surface area contributed by atoms with Crippen LogP contribution in [-0.4, -0.2) is 18.1 Å². The van der Waals surface area contributed by atoms with Crippen molar-refractivity contribution in [3.05, 3.63) is 0 Å². The van der Waals surface area contributed by atoms with Crippen LogP contribution in [0.25, 0.3) is 0 Å². The molecule has 0 aliphatic carbocycles. The van der Waals surface area contributed by atoms with Gasteiger partial charge >= 0.3 is 12.3 Å². The van der Waals surface area contributed by atoms with Crippen LogP contribution in [0.2, 0.25) is 0 Å². The smallest absolute Gasteiger partial charge is 0.293 e. The standard InChI is InChI=1S/C8H12F4O/c1-3-5(2)4-6(13)8(11,12)7(9)10/h5,7H,3-4H2,1-2H3. The first kappa shape index (κ1) is 12.4. The number of hydrogen-bond acceptors (Lipinski definition) is 1. The molecule has 0 spiro atoms. The van der Waals surface area contributed by atoms with Crippen LogP contribution in [0.5, 0.6) is 0 Å². The lowest BCUT2D eigenvalue weighted by atomic mass is 9.99. The van der Waals surface area contributed by atoms with Gasteiger partial charge in [0.1, 0.15) is 0 Å². The number of hydrogen-bond donors (Lipinski definition) is 0. The molecule has 1 atom stereocenters. The van der Waals surface area contributed by atoms with E-state index in [9.17, 15) is 22.4 Å². The molecule has 0 rings (SSSR count). The first-order valence-corrected chi connectivity index (χ1v) is 4.01. The number of carbonyl (C=O) groups is 1. The highest BCUT2D eigenvalue weighted by atomic mass is 19.3. The van der Waals surface area contributed by atoms with Gasteiger partial charge in [-0.3, -0.25) is 4.79 Å². The summed E-state index contributed by atoms with van der Waals surface area (Å²) in [7, 11) is 0. The summed E-state index contributed by atoms with van der Waals surface area (Å²) in [6.07, 6.45) is -3.87. The zero-order valence-electron chi connectivity index (χ0n) is 7.49. The molecule has 0 aliphatic rings. The fraction of sp³-hybridized carbons (Fsp3) is 0.875. The zero-order valence-corrected chi connectivity index (χ0v) is 7.49. The first-order valence-electron chi connectivity index (χ1n) is 4.01. The number of rotatable bonds is 5. The van der Waals surface area contributed by atoms with Crippen LogP contribution in [0, 0.1) is 5.92 Å². The Morgan fingerprint density at radius 1 is 1.38 bits per heavy atom. The van der Waals surface area contributed by atoms with Crippen molar-refractivity contribution in [3.8, 4) is 0 Å². The Morgan fingerprint density at radius 3 is 2.15 bits per heavy atom. The van der Waals surface area contributed by atoms with Gasteiger partial charge in [0.2, 0.25) is 5.78 Å². The highest BCUT2D eigenvalue weighted by Gasteiger charge is 2.48. The zero-order chi connectivity index (χ0) is 10.6. The highest BCUT2D eigenvalue weighted by Crippen LogP contribution is 2.27. The maximum Gasteiger partial charge on any atom is 0.364 e. The van der Waals surface area contributed by atoms with Gasteiger partial charge in [-0.25, -0.2) is 8.78 Å². The summed E-state index contributed by atoms with van der Waals surface area (Å²) in [6.45, 7) is 3.28. The molecule has 13 heavy (non-hydrogen) atoms. The SMILES string of the molecule is CCC(C)CC(=O)C(F)(F)C(F)F. The molecular weight excluding hydrogens is 188 g/mol. The van der Waals surface area contributed by atoms with Gasteiger partial charge in [0.25, 0.3) is 0 Å². The lowest BCUT2D eigenvalue weighted by Gasteiger charge is -2.15. The molecule has 1 nitrogen and oxygen atoms in total. The predicted octanol–water partition coefficient (Wildman–Crippen LogP) is 2.89. The molecule has 0 saturated carbocycles. The van der Waals surface area contributed by atoms with Crippen LogP contribution in [0.1, 0.15) is 26.7 Å². The summed E-state index contributed by atoms with van der Waals surface area (Å²) in [6, 6.07) is 0. The normalized spacial score (nSPS) is 14.7. The summed E-state index contributed by atoms with van der Waals surface area (Å²) in [5.74, 6) is -6.43. The third kappa shape index (κ3) is 3.32. The Balaban J connectivity index is 4.25. The van der Waals surface area contributed by atoms with Crippen molar-refractivity contribution in [2.75, 3.05) is 0 Å². The van der Waals surface area contributed by atoms with E-state index in [1.54, 1.807) is 13.8 Å². The van der Waals surface area contributed by atoms with E-state index in [4.69, 9.17) is 0 Å². The van der Waals surface area contributed by atoms with E-state index < -0.39 is 24.6 Å². The molecule has 78 valence electrons.